The molecule has 0 spiro atoms. The minimum Gasteiger partial charge on any atom is -0.280 e. The quantitative estimate of drug-likeness (QED) is 0.822. The van der Waals surface area contributed by atoms with E-state index in [4.69, 9.17) is 0 Å². The standard InChI is InChI=1S/C17H17FN2/c1-2-20(13-14-6-4-3-5-7-14)17(12-19)15-8-10-16(18)11-9-15/h3-11,17H,2,13H2,1H3. The van der Waals surface area contributed by atoms with Crippen molar-refractivity contribution in [3.05, 3.63) is 71.5 Å². The number of benzene rings is 2. The molecule has 0 N–H and O–H groups in total. The summed E-state index contributed by atoms with van der Waals surface area (Å²) >= 11 is 0. The molecule has 0 amide bonds. The zero-order chi connectivity index (χ0) is 14.4. The number of nitriles is 1. The summed E-state index contributed by atoms with van der Waals surface area (Å²) < 4.78 is 13.0. The molecule has 0 radical (unpaired) electrons. The predicted octanol–water partition coefficient (Wildman–Crippen LogP) is 3.91. The van der Waals surface area contributed by atoms with Gasteiger partial charge in [0, 0.05) is 6.54 Å². The highest BCUT2D eigenvalue weighted by Gasteiger charge is 2.18. The van der Waals surface area contributed by atoms with Crippen molar-refractivity contribution in [3.8, 4) is 6.07 Å². The summed E-state index contributed by atoms with van der Waals surface area (Å²) in [4.78, 5) is 2.07. The van der Waals surface area contributed by atoms with Crippen LogP contribution in [0.2, 0.25) is 0 Å². The molecule has 0 saturated heterocycles. The van der Waals surface area contributed by atoms with Gasteiger partial charge >= 0.3 is 0 Å². The Balaban J connectivity index is 2.20. The van der Waals surface area contributed by atoms with E-state index in [0.717, 1.165) is 17.7 Å². The van der Waals surface area contributed by atoms with Gasteiger partial charge in [-0.2, -0.15) is 5.26 Å². The first-order valence-corrected chi connectivity index (χ1v) is 6.67. The van der Waals surface area contributed by atoms with Crippen LogP contribution in [0.5, 0.6) is 0 Å². The van der Waals surface area contributed by atoms with Crippen LogP contribution in [0.25, 0.3) is 0 Å². The van der Waals surface area contributed by atoms with Crippen molar-refractivity contribution in [1.29, 1.82) is 5.26 Å². The molecule has 0 heterocycles. The summed E-state index contributed by atoms with van der Waals surface area (Å²) in [7, 11) is 0. The molecule has 0 bridgehead atoms. The van der Waals surface area contributed by atoms with Gasteiger partial charge in [0.1, 0.15) is 11.9 Å². The third-order valence-electron chi connectivity index (χ3n) is 3.31. The van der Waals surface area contributed by atoms with Crippen LogP contribution in [0.4, 0.5) is 4.39 Å². The van der Waals surface area contributed by atoms with Crippen molar-refractivity contribution in [3.63, 3.8) is 0 Å². The Morgan fingerprint density at radius 3 is 2.30 bits per heavy atom. The van der Waals surface area contributed by atoms with Crippen molar-refractivity contribution in [1.82, 2.24) is 4.90 Å². The van der Waals surface area contributed by atoms with Gasteiger partial charge < -0.3 is 0 Å². The molecule has 2 aromatic carbocycles. The molecule has 3 heteroatoms. The maximum atomic E-state index is 13.0. The first-order chi connectivity index (χ1) is 9.74. The number of hydrogen-bond donors (Lipinski definition) is 0. The molecule has 0 saturated carbocycles. The highest BCUT2D eigenvalue weighted by molar-refractivity contribution is 5.25. The Morgan fingerprint density at radius 1 is 1.10 bits per heavy atom. The zero-order valence-corrected chi connectivity index (χ0v) is 11.5. The number of halogens is 1. The first-order valence-electron chi connectivity index (χ1n) is 6.67. The van der Waals surface area contributed by atoms with Crippen molar-refractivity contribution in [2.75, 3.05) is 6.54 Å². The molecule has 0 aliphatic heterocycles. The highest BCUT2D eigenvalue weighted by Crippen LogP contribution is 2.22. The Bertz CT molecular complexity index is 572. The number of nitrogens with zero attached hydrogens (tertiary/aromatic N) is 2. The van der Waals surface area contributed by atoms with Gasteiger partial charge in [-0.25, -0.2) is 4.39 Å². The van der Waals surface area contributed by atoms with Crippen molar-refractivity contribution in [2.45, 2.75) is 19.5 Å². The van der Waals surface area contributed by atoms with E-state index >= 15 is 0 Å². The van der Waals surface area contributed by atoms with Crippen LogP contribution in [0.15, 0.2) is 54.6 Å². The Hall–Kier alpha value is -2.18. The van der Waals surface area contributed by atoms with Crippen LogP contribution < -0.4 is 0 Å². The van der Waals surface area contributed by atoms with E-state index in [-0.39, 0.29) is 11.9 Å². The zero-order valence-electron chi connectivity index (χ0n) is 11.5. The van der Waals surface area contributed by atoms with Crippen molar-refractivity contribution in [2.24, 2.45) is 0 Å². The minimum atomic E-state index is -0.360. The summed E-state index contributed by atoms with van der Waals surface area (Å²) in [6.07, 6.45) is 0. The second-order valence-electron chi connectivity index (χ2n) is 4.63. The Morgan fingerprint density at radius 2 is 1.75 bits per heavy atom. The molecule has 1 unspecified atom stereocenters. The van der Waals surface area contributed by atoms with E-state index in [1.807, 2.05) is 37.3 Å². The molecular weight excluding hydrogens is 251 g/mol. The average molecular weight is 268 g/mol. The summed E-state index contributed by atoms with van der Waals surface area (Å²) in [6.45, 7) is 3.48. The maximum Gasteiger partial charge on any atom is 0.124 e. The van der Waals surface area contributed by atoms with E-state index in [0.29, 0.717) is 6.54 Å². The lowest BCUT2D eigenvalue weighted by molar-refractivity contribution is 0.239. The van der Waals surface area contributed by atoms with Gasteiger partial charge in [-0.05, 0) is 29.8 Å². The average Bonchev–Trinajstić information content (AvgIpc) is 2.49. The van der Waals surface area contributed by atoms with Gasteiger partial charge in [-0.1, -0.05) is 49.4 Å². The normalized spacial score (nSPS) is 12.1. The summed E-state index contributed by atoms with van der Waals surface area (Å²) in [6, 6.07) is 18.1. The molecule has 2 nitrogen and oxygen atoms in total. The smallest absolute Gasteiger partial charge is 0.124 e. The largest absolute Gasteiger partial charge is 0.280 e. The molecule has 2 rings (SSSR count). The third-order valence-corrected chi connectivity index (χ3v) is 3.31. The van der Waals surface area contributed by atoms with Gasteiger partial charge in [0.25, 0.3) is 0 Å². The molecular formula is C17H17FN2. The first kappa shape index (κ1) is 14.2. The van der Waals surface area contributed by atoms with E-state index in [9.17, 15) is 9.65 Å². The van der Waals surface area contributed by atoms with Crippen LogP contribution >= 0.6 is 0 Å². The molecule has 0 fully saturated rings. The van der Waals surface area contributed by atoms with Gasteiger partial charge in [0.15, 0.2) is 0 Å². The van der Waals surface area contributed by atoms with Gasteiger partial charge in [-0.3, -0.25) is 4.90 Å². The Labute approximate surface area is 119 Å². The second-order valence-corrected chi connectivity index (χ2v) is 4.63. The fourth-order valence-corrected chi connectivity index (χ4v) is 2.22. The molecule has 0 aliphatic rings. The van der Waals surface area contributed by atoms with E-state index in [2.05, 4.69) is 11.0 Å². The van der Waals surface area contributed by atoms with E-state index in [1.54, 1.807) is 12.1 Å². The second kappa shape index (κ2) is 6.83. The van der Waals surface area contributed by atoms with Crippen LogP contribution in [-0.2, 0) is 6.54 Å². The lowest BCUT2D eigenvalue weighted by Gasteiger charge is -2.26. The molecule has 20 heavy (non-hydrogen) atoms. The lowest BCUT2D eigenvalue weighted by atomic mass is 10.1. The lowest BCUT2D eigenvalue weighted by Crippen LogP contribution is -2.27. The molecule has 0 aliphatic carbocycles. The van der Waals surface area contributed by atoms with Crippen LogP contribution in [-0.4, -0.2) is 11.4 Å². The summed E-state index contributed by atoms with van der Waals surface area (Å²) in [5, 5.41) is 9.44. The van der Waals surface area contributed by atoms with E-state index < -0.39 is 0 Å². The third kappa shape index (κ3) is 3.43. The molecule has 0 aromatic heterocycles. The predicted molar refractivity (Wildman–Crippen MR) is 77.3 cm³/mol. The van der Waals surface area contributed by atoms with Gasteiger partial charge in [0.2, 0.25) is 0 Å². The number of rotatable bonds is 5. The van der Waals surface area contributed by atoms with Crippen molar-refractivity contribution < 1.29 is 4.39 Å². The fourth-order valence-electron chi connectivity index (χ4n) is 2.22. The summed E-state index contributed by atoms with van der Waals surface area (Å²) in [5.41, 5.74) is 1.99. The van der Waals surface area contributed by atoms with Crippen LogP contribution in [0.1, 0.15) is 24.1 Å². The van der Waals surface area contributed by atoms with E-state index in [1.165, 1.54) is 12.1 Å². The monoisotopic (exact) mass is 268 g/mol. The summed E-state index contributed by atoms with van der Waals surface area (Å²) in [5.74, 6) is -0.281. The van der Waals surface area contributed by atoms with Gasteiger partial charge in [0.05, 0.1) is 6.07 Å². The fraction of sp³-hybridized carbons (Fsp3) is 0.235. The highest BCUT2D eigenvalue weighted by atomic mass is 19.1. The molecule has 2 aromatic rings. The van der Waals surface area contributed by atoms with Crippen LogP contribution in [0, 0.1) is 17.1 Å². The van der Waals surface area contributed by atoms with Gasteiger partial charge in [-0.15, -0.1) is 0 Å². The molecule has 102 valence electrons. The minimum absolute atomic E-state index is 0.281. The Kier molecular flexibility index (Phi) is 4.86. The topological polar surface area (TPSA) is 27.0 Å². The van der Waals surface area contributed by atoms with Crippen molar-refractivity contribution >= 4 is 0 Å². The maximum absolute atomic E-state index is 13.0. The molecule has 1 atom stereocenters. The van der Waals surface area contributed by atoms with Crippen LogP contribution in [0.3, 0.4) is 0 Å². The number of hydrogen-bond acceptors (Lipinski definition) is 2. The SMILES string of the molecule is CCN(Cc1ccccc1)C(C#N)c1ccc(F)cc1.